The predicted molar refractivity (Wildman–Crippen MR) is 110 cm³/mol. The minimum atomic E-state index is -0.917. The van der Waals surface area contributed by atoms with E-state index >= 15 is 0 Å². The van der Waals surface area contributed by atoms with Crippen molar-refractivity contribution in [1.29, 1.82) is 0 Å². The second kappa shape index (κ2) is 8.76. The normalized spacial score (nSPS) is 20.2. The van der Waals surface area contributed by atoms with Crippen molar-refractivity contribution >= 4 is 23.5 Å². The van der Waals surface area contributed by atoms with E-state index in [9.17, 15) is 9.59 Å². The standard InChI is InChI=1S/C22H25ClN2O3/c1-15-12-24(14-17-6-8-19(9-7-17)22(27)28)13-16(2)25(15)21(26)20-5-3-4-18(10-20)11-23/h3-10,15-16H,11-14H2,1-2H3,(H,27,28)/t15-,16+. The van der Waals surface area contributed by atoms with Gasteiger partial charge in [-0.05, 0) is 49.2 Å². The van der Waals surface area contributed by atoms with Gasteiger partial charge in [0.05, 0.1) is 5.56 Å². The second-order valence-electron chi connectivity index (χ2n) is 7.44. The fourth-order valence-corrected chi connectivity index (χ4v) is 4.08. The van der Waals surface area contributed by atoms with E-state index in [2.05, 4.69) is 18.7 Å². The largest absolute Gasteiger partial charge is 0.478 e. The fraction of sp³-hybridized carbons (Fsp3) is 0.364. The maximum Gasteiger partial charge on any atom is 0.335 e. The molecule has 1 aliphatic heterocycles. The summed E-state index contributed by atoms with van der Waals surface area (Å²) in [6, 6.07) is 14.6. The summed E-state index contributed by atoms with van der Waals surface area (Å²) in [5.41, 5.74) is 2.98. The number of hydrogen-bond acceptors (Lipinski definition) is 3. The lowest BCUT2D eigenvalue weighted by atomic mass is 10.0. The number of benzene rings is 2. The van der Waals surface area contributed by atoms with E-state index in [1.165, 1.54) is 0 Å². The molecule has 6 heteroatoms. The molecule has 5 nitrogen and oxygen atoms in total. The number of carbonyl (C=O) groups is 2. The number of carbonyl (C=O) groups excluding carboxylic acids is 1. The number of rotatable bonds is 5. The van der Waals surface area contributed by atoms with E-state index in [1.54, 1.807) is 12.1 Å². The molecule has 1 N–H and O–H groups in total. The number of aromatic carboxylic acids is 1. The predicted octanol–water partition coefficient (Wildman–Crippen LogP) is 3.86. The van der Waals surface area contributed by atoms with Crippen LogP contribution in [0.4, 0.5) is 0 Å². The van der Waals surface area contributed by atoms with Gasteiger partial charge in [-0.3, -0.25) is 9.69 Å². The van der Waals surface area contributed by atoms with E-state index in [0.29, 0.717) is 17.0 Å². The van der Waals surface area contributed by atoms with Crippen molar-refractivity contribution in [3.05, 3.63) is 70.8 Å². The molecular formula is C22H25ClN2O3. The molecule has 2 aromatic carbocycles. The van der Waals surface area contributed by atoms with Crippen LogP contribution in [0.15, 0.2) is 48.5 Å². The van der Waals surface area contributed by atoms with Crippen LogP contribution in [0.25, 0.3) is 0 Å². The van der Waals surface area contributed by atoms with Crippen LogP contribution in [0.3, 0.4) is 0 Å². The Balaban J connectivity index is 1.67. The summed E-state index contributed by atoms with van der Waals surface area (Å²) in [6.07, 6.45) is 0. The first-order valence-electron chi connectivity index (χ1n) is 9.41. The van der Waals surface area contributed by atoms with E-state index < -0.39 is 5.97 Å². The highest BCUT2D eigenvalue weighted by Gasteiger charge is 2.33. The van der Waals surface area contributed by atoms with Gasteiger partial charge in [0.1, 0.15) is 0 Å². The summed E-state index contributed by atoms with van der Waals surface area (Å²) >= 11 is 5.91. The molecule has 1 aliphatic rings. The van der Waals surface area contributed by atoms with Crippen LogP contribution in [-0.2, 0) is 12.4 Å². The van der Waals surface area contributed by atoms with Crippen LogP contribution >= 0.6 is 11.6 Å². The monoisotopic (exact) mass is 400 g/mol. The Kier molecular flexibility index (Phi) is 6.37. The minimum absolute atomic E-state index is 0.0393. The third-order valence-corrected chi connectivity index (χ3v) is 5.47. The minimum Gasteiger partial charge on any atom is -0.478 e. The molecule has 0 aromatic heterocycles. The summed E-state index contributed by atoms with van der Waals surface area (Å²) in [6.45, 7) is 6.41. The van der Waals surface area contributed by atoms with Crippen molar-refractivity contribution in [1.82, 2.24) is 9.80 Å². The van der Waals surface area contributed by atoms with Crippen LogP contribution in [0, 0.1) is 0 Å². The maximum absolute atomic E-state index is 13.1. The van der Waals surface area contributed by atoms with Gasteiger partial charge in [0.15, 0.2) is 0 Å². The third-order valence-electron chi connectivity index (χ3n) is 5.16. The Bertz CT molecular complexity index is 841. The highest BCUT2D eigenvalue weighted by molar-refractivity contribution is 6.17. The van der Waals surface area contributed by atoms with Gasteiger partial charge in [0.25, 0.3) is 5.91 Å². The van der Waals surface area contributed by atoms with Gasteiger partial charge in [-0.1, -0.05) is 24.3 Å². The van der Waals surface area contributed by atoms with Crippen LogP contribution < -0.4 is 0 Å². The number of alkyl halides is 1. The summed E-state index contributed by atoms with van der Waals surface area (Å²) in [4.78, 5) is 28.3. The van der Waals surface area contributed by atoms with Crippen molar-refractivity contribution in [2.24, 2.45) is 0 Å². The third kappa shape index (κ3) is 4.54. The Morgan fingerprint density at radius 3 is 2.21 bits per heavy atom. The molecule has 1 amide bonds. The van der Waals surface area contributed by atoms with E-state index in [1.807, 2.05) is 41.3 Å². The summed E-state index contributed by atoms with van der Waals surface area (Å²) < 4.78 is 0. The van der Waals surface area contributed by atoms with Gasteiger partial charge in [-0.25, -0.2) is 4.79 Å². The van der Waals surface area contributed by atoms with Gasteiger partial charge in [0, 0.05) is 43.2 Å². The van der Waals surface area contributed by atoms with Gasteiger partial charge < -0.3 is 10.0 Å². The van der Waals surface area contributed by atoms with E-state index in [4.69, 9.17) is 16.7 Å². The molecular weight excluding hydrogens is 376 g/mol. The Hall–Kier alpha value is -2.37. The van der Waals surface area contributed by atoms with Crippen molar-refractivity contribution in [2.75, 3.05) is 13.1 Å². The Morgan fingerprint density at radius 1 is 1.00 bits per heavy atom. The topological polar surface area (TPSA) is 60.9 Å². The molecule has 2 aromatic rings. The molecule has 2 atom stereocenters. The lowest BCUT2D eigenvalue weighted by Gasteiger charge is -2.44. The molecule has 1 fully saturated rings. The zero-order valence-electron chi connectivity index (χ0n) is 16.1. The number of piperazine rings is 1. The lowest BCUT2D eigenvalue weighted by molar-refractivity contribution is 0.0268. The maximum atomic E-state index is 13.1. The summed E-state index contributed by atoms with van der Waals surface area (Å²) in [5, 5.41) is 9.02. The number of carboxylic acid groups (broad SMARTS) is 1. The first kappa shape index (κ1) is 20.4. The van der Waals surface area contributed by atoms with Gasteiger partial charge in [-0.15, -0.1) is 11.6 Å². The quantitative estimate of drug-likeness (QED) is 0.774. The first-order valence-corrected chi connectivity index (χ1v) is 9.94. The molecule has 0 spiro atoms. The fourth-order valence-electron chi connectivity index (χ4n) is 3.91. The van der Waals surface area contributed by atoms with Gasteiger partial charge >= 0.3 is 5.97 Å². The van der Waals surface area contributed by atoms with Gasteiger partial charge in [0.2, 0.25) is 0 Å². The average molecular weight is 401 g/mol. The second-order valence-corrected chi connectivity index (χ2v) is 7.71. The molecule has 148 valence electrons. The average Bonchev–Trinajstić information content (AvgIpc) is 2.67. The van der Waals surface area contributed by atoms with Crippen LogP contribution in [0.1, 0.15) is 45.7 Å². The van der Waals surface area contributed by atoms with Crippen molar-refractivity contribution in [3.8, 4) is 0 Å². The SMILES string of the molecule is C[C@@H]1CN(Cc2ccc(C(=O)O)cc2)C[C@H](C)N1C(=O)c1cccc(CCl)c1. The molecule has 1 saturated heterocycles. The highest BCUT2D eigenvalue weighted by atomic mass is 35.5. The summed E-state index contributed by atoms with van der Waals surface area (Å²) in [5.74, 6) is -0.489. The number of hydrogen-bond donors (Lipinski definition) is 1. The summed E-state index contributed by atoms with van der Waals surface area (Å²) in [7, 11) is 0. The van der Waals surface area contributed by atoms with E-state index in [-0.39, 0.29) is 18.0 Å². The molecule has 0 bridgehead atoms. The van der Waals surface area contributed by atoms with Crippen LogP contribution in [-0.4, -0.2) is 52.0 Å². The zero-order valence-corrected chi connectivity index (χ0v) is 16.9. The number of carboxylic acids is 1. The number of halogens is 1. The lowest BCUT2D eigenvalue weighted by Crippen LogP contribution is -2.58. The van der Waals surface area contributed by atoms with E-state index in [0.717, 1.165) is 30.8 Å². The Labute approximate surface area is 170 Å². The molecule has 3 rings (SSSR count). The number of nitrogens with zero attached hydrogens (tertiary/aromatic N) is 2. The van der Waals surface area contributed by atoms with Crippen LogP contribution in [0.2, 0.25) is 0 Å². The van der Waals surface area contributed by atoms with Crippen molar-refractivity contribution in [3.63, 3.8) is 0 Å². The molecule has 0 radical (unpaired) electrons. The smallest absolute Gasteiger partial charge is 0.335 e. The molecule has 1 heterocycles. The highest BCUT2D eigenvalue weighted by Crippen LogP contribution is 2.21. The molecule has 28 heavy (non-hydrogen) atoms. The van der Waals surface area contributed by atoms with Gasteiger partial charge in [-0.2, -0.15) is 0 Å². The van der Waals surface area contributed by atoms with Crippen molar-refractivity contribution in [2.45, 2.75) is 38.4 Å². The zero-order chi connectivity index (χ0) is 20.3. The van der Waals surface area contributed by atoms with Crippen molar-refractivity contribution < 1.29 is 14.7 Å². The number of amides is 1. The first-order chi connectivity index (χ1) is 13.4. The Morgan fingerprint density at radius 2 is 1.64 bits per heavy atom. The van der Waals surface area contributed by atoms with Crippen LogP contribution in [0.5, 0.6) is 0 Å². The molecule has 0 unspecified atom stereocenters. The molecule has 0 aliphatic carbocycles. The molecule has 0 saturated carbocycles.